The van der Waals surface area contributed by atoms with Crippen molar-refractivity contribution in [3.05, 3.63) is 30.1 Å². The van der Waals surface area contributed by atoms with Crippen molar-refractivity contribution in [2.45, 2.75) is 45.4 Å². The van der Waals surface area contributed by atoms with Gasteiger partial charge in [-0.2, -0.15) is 0 Å². The molecule has 88 valence electrons. The Balaban J connectivity index is 1.97. The molecule has 3 nitrogen and oxygen atoms in total. The summed E-state index contributed by atoms with van der Waals surface area (Å²) in [6.45, 7) is 6.32. The van der Waals surface area contributed by atoms with Crippen LogP contribution >= 0.6 is 0 Å². The van der Waals surface area contributed by atoms with E-state index in [1.54, 1.807) is 0 Å². The lowest BCUT2D eigenvalue weighted by molar-refractivity contribution is -0.0756. The Morgan fingerprint density at radius 1 is 1.50 bits per heavy atom. The summed E-state index contributed by atoms with van der Waals surface area (Å²) in [6, 6.07) is 6.56. The maximum absolute atomic E-state index is 9.67. The van der Waals surface area contributed by atoms with Crippen LogP contribution in [0.2, 0.25) is 0 Å². The predicted molar refractivity (Wildman–Crippen MR) is 64.0 cm³/mol. The number of nitrogens with one attached hydrogen (secondary N) is 1. The van der Waals surface area contributed by atoms with Crippen LogP contribution in [0.3, 0.4) is 0 Å². The van der Waals surface area contributed by atoms with Gasteiger partial charge in [-0.05, 0) is 25.5 Å². The van der Waals surface area contributed by atoms with Crippen LogP contribution in [0.5, 0.6) is 0 Å². The largest absolute Gasteiger partial charge is 0.392 e. The molecule has 1 saturated carbocycles. The van der Waals surface area contributed by atoms with Gasteiger partial charge in [0, 0.05) is 23.7 Å². The zero-order valence-corrected chi connectivity index (χ0v) is 10.1. The molecule has 0 radical (unpaired) electrons. The molecule has 3 heteroatoms. The highest BCUT2D eigenvalue weighted by atomic mass is 16.3. The van der Waals surface area contributed by atoms with Gasteiger partial charge in [-0.15, -0.1) is 0 Å². The fourth-order valence-corrected chi connectivity index (χ4v) is 2.20. The minimum atomic E-state index is -0.180. The maximum Gasteiger partial charge on any atom is 0.0621 e. The van der Waals surface area contributed by atoms with Gasteiger partial charge in [-0.25, -0.2) is 0 Å². The van der Waals surface area contributed by atoms with Gasteiger partial charge < -0.3 is 10.4 Å². The van der Waals surface area contributed by atoms with E-state index in [9.17, 15) is 5.11 Å². The second kappa shape index (κ2) is 4.15. The second-order valence-electron chi connectivity index (χ2n) is 5.27. The molecule has 0 aliphatic heterocycles. The number of rotatable bonds is 3. The monoisotopic (exact) mass is 220 g/mol. The summed E-state index contributed by atoms with van der Waals surface area (Å²) in [5, 5.41) is 13.2. The fourth-order valence-electron chi connectivity index (χ4n) is 2.20. The number of hydrogen-bond acceptors (Lipinski definition) is 3. The van der Waals surface area contributed by atoms with E-state index >= 15 is 0 Å². The molecular formula is C13H20N2O. The highest BCUT2D eigenvalue weighted by Crippen LogP contribution is 2.41. The van der Waals surface area contributed by atoms with Crippen LogP contribution in [0, 0.1) is 5.41 Å². The highest BCUT2D eigenvalue weighted by molar-refractivity contribution is 5.10. The predicted octanol–water partition coefficient (Wildman–Crippen LogP) is 1.89. The van der Waals surface area contributed by atoms with Crippen LogP contribution in [0.1, 0.15) is 38.9 Å². The van der Waals surface area contributed by atoms with Crippen molar-refractivity contribution in [1.82, 2.24) is 10.3 Å². The van der Waals surface area contributed by atoms with E-state index in [1.807, 2.05) is 24.4 Å². The number of aliphatic hydroxyl groups is 1. The van der Waals surface area contributed by atoms with Gasteiger partial charge >= 0.3 is 0 Å². The van der Waals surface area contributed by atoms with Gasteiger partial charge in [0.05, 0.1) is 11.8 Å². The molecule has 0 amide bonds. The van der Waals surface area contributed by atoms with Crippen molar-refractivity contribution in [3.8, 4) is 0 Å². The van der Waals surface area contributed by atoms with Crippen LogP contribution in [-0.2, 0) is 0 Å². The maximum atomic E-state index is 9.67. The standard InChI is InChI=1S/C13H20N2O/c1-9(10-6-4-5-7-14-10)15-11-8-12(16)13(11,2)3/h4-7,9,11-12,15-16H,8H2,1-3H3/t9-,11?,12?/m1/s1. The molecule has 0 bridgehead atoms. The highest BCUT2D eigenvalue weighted by Gasteiger charge is 2.47. The minimum Gasteiger partial charge on any atom is -0.392 e. The summed E-state index contributed by atoms with van der Waals surface area (Å²) in [5.74, 6) is 0. The van der Waals surface area contributed by atoms with E-state index in [-0.39, 0.29) is 17.6 Å². The Kier molecular flexibility index (Phi) is 3.00. The summed E-state index contributed by atoms with van der Waals surface area (Å²) in [5.41, 5.74) is 1.03. The van der Waals surface area contributed by atoms with Crippen molar-refractivity contribution < 1.29 is 5.11 Å². The van der Waals surface area contributed by atoms with Gasteiger partial charge in [-0.3, -0.25) is 4.98 Å². The first-order valence-electron chi connectivity index (χ1n) is 5.87. The molecule has 2 rings (SSSR count). The molecule has 2 unspecified atom stereocenters. The molecule has 1 heterocycles. The smallest absolute Gasteiger partial charge is 0.0621 e. The number of aliphatic hydroxyl groups excluding tert-OH is 1. The fraction of sp³-hybridized carbons (Fsp3) is 0.615. The molecule has 1 fully saturated rings. The zero-order chi connectivity index (χ0) is 11.8. The molecule has 1 aliphatic rings. The molecule has 1 aliphatic carbocycles. The summed E-state index contributed by atoms with van der Waals surface area (Å²) in [4.78, 5) is 4.33. The van der Waals surface area contributed by atoms with E-state index in [0.29, 0.717) is 6.04 Å². The topological polar surface area (TPSA) is 45.1 Å². The Hall–Kier alpha value is -0.930. The van der Waals surface area contributed by atoms with Crippen LogP contribution < -0.4 is 5.32 Å². The summed E-state index contributed by atoms with van der Waals surface area (Å²) < 4.78 is 0. The number of hydrogen-bond donors (Lipinski definition) is 2. The van der Waals surface area contributed by atoms with E-state index in [0.717, 1.165) is 12.1 Å². The van der Waals surface area contributed by atoms with Crippen molar-refractivity contribution >= 4 is 0 Å². The van der Waals surface area contributed by atoms with E-state index in [2.05, 4.69) is 31.1 Å². The minimum absolute atomic E-state index is 0.0248. The van der Waals surface area contributed by atoms with Gasteiger partial charge in [0.2, 0.25) is 0 Å². The lowest BCUT2D eigenvalue weighted by Gasteiger charge is -2.50. The second-order valence-corrected chi connectivity index (χ2v) is 5.27. The van der Waals surface area contributed by atoms with E-state index in [4.69, 9.17) is 0 Å². The third kappa shape index (κ3) is 1.97. The molecule has 1 aromatic heterocycles. The Morgan fingerprint density at radius 3 is 2.75 bits per heavy atom. The quantitative estimate of drug-likeness (QED) is 0.817. The van der Waals surface area contributed by atoms with E-state index in [1.165, 1.54) is 0 Å². The first kappa shape index (κ1) is 11.6. The average Bonchev–Trinajstić information content (AvgIpc) is 2.29. The Morgan fingerprint density at radius 2 is 2.25 bits per heavy atom. The van der Waals surface area contributed by atoms with Gasteiger partial charge in [0.15, 0.2) is 0 Å². The molecule has 0 saturated heterocycles. The summed E-state index contributed by atoms with van der Waals surface area (Å²) >= 11 is 0. The van der Waals surface area contributed by atoms with Crippen LogP contribution in [-0.4, -0.2) is 22.2 Å². The number of nitrogens with zero attached hydrogens (tertiary/aromatic N) is 1. The van der Waals surface area contributed by atoms with Crippen molar-refractivity contribution in [2.75, 3.05) is 0 Å². The molecular weight excluding hydrogens is 200 g/mol. The van der Waals surface area contributed by atoms with Gasteiger partial charge in [-0.1, -0.05) is 19.9 Å². The number of aromatic nitrogens is 1. The summed E-state index contributed by atoms with van der Waals surface area (Å²) in [7, 11) is 0. The van der Waals surface area contributed by atoms with Crippen molar-refractivity contribution in [1.29, 1.82) is 0 Å². The average molecular weight is 220 g/mol. The van der Waals surface area contributed by atoms with Gasteiger partial charge in [0.25, 0.3) is 0 Å². The molecule has 1 aromatic rings. The number of pyridine rings is 1. The third-order valence-electron chi connectivity index (χ3n) is 3.80. The first-order chi connectivity index (χ1) is 7.51. The SMILES string of the molecule is C[C@@H](NC1CC(O)C1(C)C)c1ccccn1. The zero-order valence-electron chi connectivity index (χ0n) is 10.1. The van der Waals surface area contributed by atoms with Crippen molar-refractivity contribution in [3.63, 3.8) is 0 Å². The molecule has 0 spiro atoms. The lowest BCUT2D eigenvalue weighted by Crippen LogP contribution is -2.60. The van der Waals surface area contributed by atoms with Crippen molar-refractivity contribution in [2.24, 2.45) is 5.41 Å². The lowest BCUT2D eigenvalue weighted by atomic mass is 9.64. The third-order valence-corrected chi connectivity index (χ3v) is 3.80. The van der Waals surface area contributed by atoms with Crippen LogP contribution in [0.15, 0.2) is 24.4 Å². The molecule has 16 heavy (non-hydrogen) atoms. The van der Waals surface area contributed by atoms with Gasteiger partial charge in [0.1, 0.15) is 0 Å². The Bertz CT molecular complexity index is 350. The summed E-state index contributed by atoms with van der Waals surface area (Å²) in [6.07, 6.45) is 2.47. The molecule has 0 aromatic carbocycles. The van der Waals surface area contributed by atoms with E-state index < -0.39 is 0 Å². The molecule has 3 atom stereocenters. The molecule has 2 N–H and O–H groups in total. The van der Waals surface area contributed by atoms with Crippen LogP contribution in [0.4, 0.5) is 0 Å². The normalized spacial score (nSPS) is 29.5. The first-order valence-corrected chi connectivity index (χ1v) is 5.87. The van der Waals surface area contributed by atoms with Crippen LogP contribution in [0.25, 0.3) is 0 Å². The Labute approximate surface area is 96.9 Å².